The Balaban J connectivity index is 1.50. The number of nitrogens with one attached hydrogen (secondary N) is 2. The van der Waals surface area contributed by atoms with Gasteiger partial charge in [-0.3, -0.25) is 4.79 Å². The predicted octanol–water partition coefficient (Wildman–Crippen LogP) is 3.55. The van der Waals surface area contributed by atoms with Crippen LogP contribution < -0.4 is 5.32 Å². The lowest BCUT2D eigenvalue weighted by Gasteiger charge is -2.30. The molecule has 0 aliphatic heterocycles. The van der Waals surface area contributed by atoms with E-state index in [9.17, 15) is 13.2 Å². The first-order valence-corrected chi connectivity index (χ1v) is 12.1. The molecule has 1 aromatic heterocycles. The third-order valence-electron chi connectivity index (χ3n) is 6.03. The van der Waals surface area contributed by atoms with E-state index in [1.54, 1.807) is 12.1 Å². The van der Waals surface area contributed by atoms with Gasteiger partial charge in [0.1, 0.15) is 5.82 Å². The fourth-order valence-electron chi connectivity index (χ4n) is 4.13. The zero-order valence-electron chi connectivity index (χ0n) is 17.8. The average Bonchev–Trinajstić information content (AvgIpc) is 3.19. The summed E-state index contributed by atoms with van der Waals surface area (Å²) >= 11 is 0. The standard InChI is InChI=1S/C23H28N4O3S/c1-16-8-6-7-11-19(16)24-22(28)15-27(2)31(29,30)18-12-13-20-21(14-18)26-23(25-20)17-9-4-3-5-10-17/h3-5,9-10,12-14,16,19H,6-8,11,15H2,1-2H3,(H,24,28)(H,25,26)/t16-,19+/m1/s1. The number of carbonyl (C=O) groups is 1. The summed E-state index contributed by atoms with van der Waals surface area (Å²) in [5.74, 6) is 0.833. The maximum atomic E-state index is 13.1. The number of nitrogens with zero attached hydrogens (tertiary/aromatic N) is 2. The zero-order valence-corrected chi connectivity index (χ0v) is 18.7. The van der Waals surface area contributed by atoms with E-state index in [4.69, 9.17) is 0 Å². The molecule has 0 unspecified atom stereocenters. The van der Waals surface area contributed by atoms with E-state index in [1.807, 2.05) is 30.3 Å². The van der Waals surface area contributed by atoms with Crippen molar-refractivity contribution in [1.82, 2.24) is 19.6 Å². The SMILES string of the molecule is C[C@@H]1CCCC[C@@H]1NC(=O)CN(C)S(=O)(=O)c1ccc2nc(-c3ccccc3)[nH]c2c1. The van der Waals surface area contributed by atoms with Crippen LogP contribution >= 0.6 is 0 Å². The van der Waals surface area contributed by atoms with E-state index < -0.39 is 10.0 Å². The van der Waals surface area contributed by atoms with E-state index >= 15 is 0 Å². The zero-order chi connectivity index (χ0) is 22.0. The van der Waals surface area contributed by atoms with Crippen LogP contribution in [0.15, 0.2) is 53.4 Å². The smallest absolute Gasteiger partial charge is 0.243 e. The summed E-state index contributed by atoms with van der Waals surface area (Å²) in [5.41, 5.74) is 2.24. The molecular weight excluding hydrogens is 412 g/mol. The van der Waals surface area contributed by atoms with Gasteiger partial charge in [0.25, 0.3) is 0 Å². The number of imidazole rings is 1. The highest BCUT2D eigenvalue weighted by molar-refractivity contribution is 7.89. The van der Waals surface area contributed by atoms with Gasteiger partial charge in [0.2, 0.25) is 15.9 Å². The second-order valence-electron chi connectivity index (χ2n) is 8.33. The molecule has 7 nitrogen and oxygen atoms in total. The molecule has 1 heterocycles. The Morgan fingerprint density at radius 3 is 2.65 bits per heavy atom. The minimum atomic E-state index is -3.81. The molecule has 8 heteroatoms. The van der Waals surface area contributed by atoms with Crippen LogP contribution in [0.5, 0.6) is 0 Å². The molecule has 4 rings (SSSR count). The first kappa shape index (κ1) is 21.5. The number of H-pyrrole nitrogens is 1. The van der Waals surface area contributed by atoms with Gasteiger partial charge >= 0.3 is 0 Å². The molecule has 1 saturated carbocycles. The maximum absolute atomic E-state index is 13.1. The van der Waals surface area contributed by atoms with Gasteiger partial charge in [-0.25, -0.2) is 13.4 Å². The minimum absolute atomic E-state index is 0.120. The van der Waals surface area contributed by atoms with Crippen molar-refractivity contribution in [1.29, 1.82) is 0 Å². The highest BCUT2D eigenvalue weighted by Crippen LogP contribution is 2.25. The van der Waals surface area contributed by atoms with Crippen LogP contribution in [0.2, 0.25) is 0 Å². The summed E-state index contributed by atoms with van der Waals surface area (Å²) in [7, 11) is -2.37. The second-order valence-corrected chi connectivity index (χ2v) is 10.4. The van der Waals surface area contributed by atoms with Gasteiger partial charge in [-0.1, -0.05) is 50.1 Å². The molecule has 164 valence electrons. The van der Waals surface area contributed by atoms with Gasteiger partial charge in [0, 0.05) is 18.7 Å². The molecule has 1 fully saturated rings. The van der Waals surface area contributed by atoms with Gasteiger partial charge in [0.15, 0.2) is 0 Å². The van der Waals surface area contributed by atoms with Gasteiger partial charge in [-0.05, 0) is 37.0 Å². The number of likely N-dealkylation sites (N-methyl/N-ethyl adjacent to an activating group) is 1. The Hall–Kier alpha value is -2.71. The largest absolute Gasteiger partial charge is 0.352 e. The first-order valence-electron chi connectivity index (χ1n) is 10.7. The molecule has 2 aromatic carbocycles. The molecule has 1 aliphatic rings. The topological polar surface area (TPSA) is 95.2 Å². The quantitative estimate of drug-likeness (QED) is 0.613. The number of hydrogen-bond acceptors (Lipinski definition) is 4. The normalized spacial score (nSPS) is 19.6. The van der Waals surface area contributed by atoms with Crippen LogP contribution in [0.1, 0.15) is 32.6 Å². The summed E-state index contributed by atoms with van der Waals surface area (Å²) in [4.78, 5) is 20.3. The number of fused-ring (bicyclic) bond motifs is 1. The minimum Gasteiger partial charge on any atom is -0.352 e. The number of benzene rings is 2. The lowest BCUT2D eigenvalue weighted by molar-refractivity contribution is -0.122. The van der Waals surface area contributed by atoms with Crippen LogP contribution in [-0.2, 0) is 14.8 Å². The molecule has 2 N–H and O–H groups in total. The summed E-state index contributed by atoms with van der Waals surface area (Å²) in [5, 5.41) is 3.01. The third kappa shape index (κ3) is 4.65. The molecule has 31 heavy (non-hydrogen) atoms. The van der Waals surface area contributed by atoms with Crippen molar-refractivity contribution >= 4 is 27.0 Å². The molecular formula is C23H28N4O3S. The second kappa shape index (κ2) is 8.80. The molecule has 1 aliphatic carbocycles. The van der Waals surface area contributed by atoms with Crippen molar-refractivity contribution in [3.05, 3.63) is 48.5 Å². The van der Waals surface area contributed by atoms with Crippen molar-refractivity contribution < 1.29 is 13.2 Å². The molecule has 0 radical (unpaired) electrons. The van der Waals surface area contributed by atoms with E-state index in [0.29, 0.717) is 22.8 Å². The summed E-state index contributed by atoms with van der Waals surface area (Å²) in [6.45, 7) is 1.93. The Morgan fingerprint density at radius 1 is 1.16 bits per heavy atom. The van der Waals surface area contributed by atoms with Crippen LogP contribution in [0.25, 0.3) is 22.4 Å². The lowest BCUT2D eigenvalue weighted by Crippen LogP contribution is -2.46. The molecule has 3 aromatic rings. The Kier molecular flexibility index (Phi) is 6.11. The maximum Gasteiger partial charge on any atom is 0.243 e. The number of sulfonamides is 1. The van der Waals surface area contributed by atoms with Crippen molar-refractivity contribution in [2.24, 2.45) is 5.92 Å². The number of aromatic nitrogens is 2. The number of amides is 1. The van der Waals surface area contributed by atoms with Crippen LogP contribution in [0, 0.1) is 5.92 Å². The van der Waals surface area contributed by atoms with Crippen LogP contribution in [0.4, 0.5) is 0 Å². The van der Waals surface area contributed by atoms with Crippen LogP contribution in [0.3, 0.4) is 0 Å². The van der Waals surface area contributed by atoms with E-state index in [2.05, 4.69) is 22.2 Å². The Bertz CT molecular complexity index is 1170. The average molecular weight is 441 g/mol. The first-order chi connectivity index (χ1) is 14.8. The Morgan fingerprint density at radius 2 is 1.90 bits per heavy atom. The van der Waals surface area contributed by atoms with Gasteiger partial charge in [0.05, 0.1) is 22.5 Å². The van der Waals surface area contributed by atoms with Crippen molar-refractivity contribution in [3.8, 4) is 11.4 Å². The highest BCUT2D eigenvalue weighted by Gasteiger charge is 2.27. The lowest BCUT2D eigenvalue weighted by atomic mass is 9.86. The van der Waals surface area contributed by atoms with Crippen LogP contribution in [-0.4, -0.2) is 48.2 Å². The van der Waals surface area contributed by atoms with Crippen molar-refractivity contribution in [2.45, 2.75) is 43.5 Å². The highest BCUT2D eigenvalue weighted by atomic mass is 32.2. The molecule has 1 amide bonds. The van der Waals surface area contributed by atoms with Gasteiger partial charge in [-0.15, -0.1) is 0 Å². The summed E-state index contributed by atoms with van der Waals surface area (Å²) < 4.78 is 27.2. The fraction of sp³-hybridized carbons (Fsp3) is 0.391. The summed E-state index contributed by atoms with van der Waals surface area (Å²) in [6, 6.07) is 14.6. The number of carbonyl (C=O) groups excluding carboxylic acids is 1. The Labute approximate surface area is 182 Å². The number of hydrogen-bond donors (Lipinski definition) is 2. The third-order valence-corrected chi connectivity index (χ3v) is 7.83. The number of aromatic amines is 1. The molecule has 0 saturated heterocycles. The van der Waals surface area contributed by atoms with Crippen molar-refractivity contribution in [2.75, 3.05) is 13.6 Å². The van der Waals surface area contributed by atoms with E-state index in [-0.39, 0.29) is 23.4 Å². The summed E-state index contributed by atoms with van der Waals surface area (Å²) in [6.07, 6.45) is 4.32. The van der Waals surface area contributed by atoms with Crippen molar-refractivity contribution in [3.63, 3.8) is 0 Å². The number of rotatable bonds is 6. The monoisotopic (exact) mass is 440 g/mol. The molecule has 0 bridgehead atoms. The van der Waals surface area contributed by atoms with E-state index in [0.717, 1.165) is 29.1 Å². The van der Waals surface area contributed by atoms with E-state index in [1.165, 1.54) is 19.5 Å². The molecule has 0 spiro atoms. The molecule has 2 atom stereocenters. The van der Waals surface area contributed by atoms with Gasteiger partial charge in [-0.2, -0.15) is 4.31 Å². The predicted molar refractivity (Wildman–Crippen MR) is 121 cm³/mol. The fourth-order valence-corrected chi connectivity index (χ4v) is 5.29. The van der Waals surface area contributed by atoms with Gasteiger partial charge < -0.3 is 10.3 Å².